The third kappa shape index (κ3) is 5.76. The molecule has 0 unspecified atom stereocenters. The van der Waals surface area contributed by atoms with Gasteiger partial charge in [-0.05, 0) is 60.9 Å². The molecule has 164 valence electrons. The lowest BCUT2D eigenvalue weighted by atomic mass is 9.92. The van der Waals surface area contributed by atoms with Gasteiger partial charge in [0.25, 0.3) is 5.91 Å². The fraction of sp³-hybridized carbons (Fsp3) is 0.444. The van der Waals surface area contributed by atoms with Crippen molar-refractivity contribution in [2.45, 2.75) is 45.1 Å². The molecule has 2 aromatic rings. The van der Waals surface area contributed by atoms with E-state index in [4.69, 9.17) is 4.74 Å². The quantitative estimate of drug-likeness (QED) is 0.660. The standard InChI is InChI=1S/C27H34N2O2/c1-2-26(31-25-15-14-23-12-6-7-13-24(23)21-25)27(30)29-19-17-28(18-20-29)16-8-11-22-9-4-3-5-10-22/h3-5,8-11,14-15,21,26H,2,6-7,12-13,16-20H2,1H3/b11-8+/t26-/m1/s1. The van der Waals surface area contributed by atoms with Crippen LogP contribution >= 0.6 is 0 Å². The maximum atomic E-state index is 13.1. The first kappa shape index (κ1) is 21.6. The molecule has 4 rings (SSSR count). The topological polar surface area (TPSA) is 32.8 Å². The van der Waals surface area contributed by atoms with Gasteiger partial charge < -0.3 is 9.64 Å². The van der Waals surface area contributed by atoms with E-state index in [1.165, 1.54) is 29.5 Å². The number of amides is 1. The van der Waals surface area contributed by atoms with E-state index in [0.717, 1.165) is 51.3 Å². The Kier molecular flexibility index (Phi) is 7.42. The molecule has 1 aliphatic heterocycles. The number of fused-ring (bicyclic) bond motifs is 1. The molecule has 0 aromatic heterocycles. The molecule has 0 radical (unpaired) electrons. The average molecular weight is 419 g/mol. The predicted octanol–water partition coefficient (Wildman–Crippen LogP) is 4.58. The number of benzene rings is 2. The summed E-state index contributed by atoms with van der Waals surface area (Å²) in [5, 5.41) is 0. The lowest BCUT2D eigenvalue weighted by molar-refractivity contribution is -0.140. The monoisotopic (exact) mass is 418 g/mol. The molecule has 2 aromatic carbocycles. The van der Waals surface area contributed by atoms with E-state index in [0.29, 0.717) is 6.42 Å². The van der Waals surface area contributed by atoms with Gasteiger partial charge >= 0.3 is 0 Å². The van der Waals surface area contributed by atoms with Crippen molar-refractivity contribution in [1.82, 2.24) is 9.80 Å². The number of carbonyl (C=O) groups excluding carboxylic acids is 1. The Bertz CT molecular complexity index is 885. The summed E-state index contributed by atoms with van der Waals surface area (Å²) in [5.74, 6) is 0.963. The smallest absolute Gasteiger partial charge is 0.263 e. The minimum Gasteiger partial charge on any atom is -0.481 e. The van der Waals surface area contributed by atoms with Crippen molar-refractivity contribution in [3.05, 3.63) is 71.3 Å². The highest BCUT2D eigenvalue weighted by Crippen LogP contribution is 2.26. The Morgan fingerprint density at radius 1 is 1.00 bits per heavy atom. The molecule has 0 saturated carbocycles. The zero-order valence-electron chi connectivity index (χ0n) is 18.6. The summed E-state index contributed by atoms with van der Waals surface area (Å²) in [5.41, 5.74) is 4.06. The first-order valence-corrected chi connectivity index (χ1v) is 11.7. The number of piperazine rings is 1. The lowest BCUT2D eigenvalue weighted by Crippen LogP contribution is -2.52. The van der Waals surface area contributed by atoms with Gasteiger partial charge in [0, 0.05) is 32.7 Å². The molecule has 1 fully saturated rings. The molecule has 1 atom stereocenters. The van der Waals surface area contributed by atoms with E-state index < -0.39 is 6.10 Å². The van der Waals surface area contributed by atoms with Gasteiger partial charge in [-0.15, -0.1) is 0 Å². The highest BCUT2D eigenvalue weighted by atomic mass is 16.5. The van der Waals surface area contributed by atoms with Crippen LogP contribution in [0.1, 0.15) is 42.9 Å². The fourth-order valence-electron chi connectivity index (χ4n) is 4.51. The Balaban J connectivity index is 1.27. The molecule has 1 heterocycles. The van der Waals surface area contributed by atoms with E-state index in [-0.39, 0.29) is 5.91 Å². The molecule has 31 heavy (non-hydrogen) atoms. The van der Waals surface area contributed by atoms with Gasteiger partial charge in [-0.25, -0.2) is 0 Å². The van der Waals surface area contributed by atoms with Crippen molar-refractivity contribution in [2.75, 3.05) is 32.7 Å². The van der Waals surface area contributed by atoms with Crippen LogP contribution in [0.3, 0.4) is 0 Å². The van der Waals surface area contributed by atoms with Crippen molar-refractivity contribution in [3.8, 4) is 5.75 Å². The van der Waals surface area contributed by atoms with Crippen LogP contribution in [0.25, 0.3) is 6.08 Å². The second-order valence-corrected chi connectivity index (χ2v) is 8.59. The highest BCUT2D eigenvalue weighted by molar-refractivity contribution is 5.81. The summed E-state index contributed by atoms with van der Waals surface area (Å²) in [4.78, 5) is 17.5. The maximum absolute atomic E-state index is 13.1. The number of aryl methyl sites for hydroxylation is 2. The first-order chi connectivity index (χ1) is 15.2. The Morgan fingerprint density at radius 2 is 1.74 bits per heavy atom. The molecule has 0 N–H and O–H groups in total. The average Bonchev–Trinajstić information content (AvgIpc) is 2.83. The third-order valence-corrected chi connectivity index (χ3v) is 6.40. The molecule has 4 heteroatoms. The summed E-state index contributed by atoms with van der Waals surface area (Å²) >= 11 is 0. The van der Waals surface area contributed by atoms with Gasteiger partial charge in [-0.1, -0.05) is 55.5 Å². The van der Waals surface area contributed by atoms with E-state index in [1.54, 1.807) is 0 Å². The SMILES string of the molecule is CC[C@@H](Oc1ccc2c(c1)CCCC2)C(=O)N1CCN(C/C=C/c2ccccc2)CC1. The number of ether oxygens (including phenoxy) is 1. The minimum absolute atomic E-state index is 0.125. The summed E-state index contributed by atoms with van der Waals surface area (Å²) < 4.78 is 6.17. The van der Waals surface area contributed by atoms with Gasteiger partial charge in [-0.2, -0.15) is 0 Å². The van der Waals surface area contributed by atoms with Crippen molar-refractivity contribution in [1.29, 1.82) is 0 Å². The zero-order chi connectivity index (χ0) is 21.5. The highest BCUT2D eigenvalue weighted by Gasteiger charge is 2.27. The summed E-state index contributed by atoms with van der Waals surface area (Å²) in [6.45, 7) is 6.29. The van der Waals surface area contributed by atoms with Crippen LogP contribution in [0.2, 0.25) is 0 Å². The zero-order valence-corrected chi connectivity index (χ0v) is 18.6. The largest absolute Gasteiger partial charge is 0.481 e. The fourth-order valence-corrected chi connectivity index (χ4v) is 4.51. The maximum Gasteiger partial charge on any atom is 0.263 e. The predicted molar refractivity (Wildman–Crippen MR) is 126 cm³/mol. The molecule has 2 aliphatic rings. The Morgan fingerprint density at radius 3 is 2.48 bits per heavy atom. The lowest BCUT2D eigenvalue weighted by Gasteiger charge is -2.35. The number of nitrogens with zero attached hydrogens (tertiary/aromatic N) is 2. The van der Waals surface area contributed by atoms with E-state index >= 15 is 0 Å². The van der Waals surface area contributed by atoms with E-state index in [2.05, 4.69) is 53.5 Å². The van der Waals surface area contributed by atoms with Crippen molar-refractivity contribution < 1.29 is 9.53 Å². The molecule has 0 bridgehead atoms. The van der Waals surface area contributed by atoms with Crippen molar-refractivity contribution >= 4 is 12.0 Å². The Labute approximate surface area is 186 Å². The summed E-state index contributed by atoms with van der Waals surface area (Å²) in [7, 11) is 0. The Hall–Kier alpha value is -2.59. The summed E-state index contributed by atoms with van der Waals surface area (Å²) in [6, 6.07) is 16.7. The number of carbonyl (C=O) groups is 1. The summed E-state index contributed by atoms with van der Waals surface area (Å²) in [6.07, 6.45) is 9.48. The molecule has 1 aliphatic carbocycles. The first-order valence-electron chi connectivity index (χ1n) is 11.7. The van der Waals surface area contributed by atoms with Crippen LogP contribution in [0.15, 0.2) is 54.6 Å². The van der Waals surface area contributed by atoms with E-state index in [1.807, 2.05) is 24.0 Å². The van der Waals surface area contributed by atoms with Gasteiger partial charge in [0.05, 0.1) is 0 Å². The number of rotatable bonds is 7. The van der Waals surface area contributed by atoms with Crippen LogP contribution in [0.5, 0.6) is 5.75 Å². The van der Waals surface area contributed by atoms with Gasteiger partial charge in [0.15, 0.2) is 6.10 Å². The molecular weight excluding hydrogens is 384 g/mol. The van der Waals surface area contributed by atoms with Gasteiger partial charge in [0.2, 0.25) is 0 Å². The van der Waals surface area contributed by atoms with Gasteiger partial charge in [0.1, 0.15) is 5.75 Å². The van der Waals surface area contributed by atoms with Crippen LogP contribution < -0.4 is 4.74 Å². The van der Waals surface area contributed by atoms with Crippen LogP contribution in [-0.4, -0.2) is 54.5 Å². The van der Waals surface area contributed by atoms with Crippen LogP contribution in [-0.2, 0) is 17.6 Å². The molecule has 1 saturated heterocycles. The normalized spacial score (nSPS) is 18.0. The number of hydrogen-bond acceptors (Lipinski definition) is 3. The van der Waals surface area contributed by atoms with Crippen molar-refractivity contribution in [3.63, 3.8) is 0 Å². The van der Waals surface area contributed by atoms with Crippen LogP contribution in [0.4, 0.5) is 0 Å². The molecule has 1 amide bonds. The molecular formula is C27H34N2O2. The molecule has 4 nitrogen and oxygen atoms in total. The number of hydrogen-bond donors (Lipinski definition) is 0. The minimum atomic E-state index is -0.397. The second-order valence-electron chi connectivity index (χ2n) is 8.59. The van der Waals surface area contributed by atoms with E-state index in [9.17, 15) is 4.79 Å². The molecule has 0 spiro atoms. The van der Waals surface area contributed by atoms with Gasteiger partial charge in [-0.3, -0.25) is 9.69 Å². The van der Waals surface area contributed by atoms with Crippen molar-refractivity contribution in [2.24, 2.45) is 0 Å². The third-order valence-electron chi connectivity index (χ3n) is 6.40. The van der Waals surface area contributed by atoms with Crippen LogP contribution in [0, 0.1) is 0 Å². The second kappa shape index (κ2) is 10.6.